The summed E-state index contributed by atoms with van der Waals surface area (Å²) in [5, 5.41) is 10.1. The zero-order valence-corrected chi connectivity index (χ0v) is 15.3. The van der Waals surface area contributed by atoms with Gasteiger partial charge in [-0.1, -0.05) is 48.1 Å². The molecule has 0 aromatic carbocycles. The van der Waals surface area contributed by atoms with E-state index in [2.05, 4.69) is 68.2 Å². The average Bonchev–Trinajstić information content (AvgIpc) is 2.82. The van der Waals surface area contributed by atoms with Gasteiger partial charge in [-0.3, -0.25) is 0 Å². The van der Waals surface area contributed by atoms with Crippen molar-refractivity contribution in [2.45, 2.75) is 65.0 Å². The van der Waals surface area contributed by atoms with Crippen LogP contribution < -0.4 is 0 Å². The lowest BCUT2D eigenvalue weighted by Gasteiger charge is -2.30. The molecule has 3 aliphatic rings. The summed E-state index contributed by atoms with van der Waals surface area (Å²) in [6, 6.07) is 0.455. The maximum absolute atomic E-state index is 10.1. The summed E-state index contributed by atoms with van der Waals surface area (Å²) in [5.74, 6) is 0. The number of allylic oxidation sites excluding steroid dienone is 8. The summed E-state index contributed by atoms with van der Waals surface area (Å²) in [5.41, 5.74) is 4.45. The van der Waals surface area contributed by atoms with Crippen LogP contribution in [0.3, 0.4) is 0 Å². The SMILES string of the molecule is C/C=C1\N(CC)C2CCC(O)CC=C2C1(C)CC1=CCC=CC=C1. The molecular weight excluding hydrogens is 294 g/mol. The van der Waals surface area contributed by atoms with Crippen molar-refractivity contribution in [2.75, 3.05) is 6.54 Å². The van der Waals surface area contributed by atoms with Gasteiger partial charge in [0.25, 0.3) is 0 Å². The predicted molar refractivity (Wildman–Crippen MR) is 102 cm³/mol. The lowest BCUT2D eigenvalue weighted by molar-refractivity contribution is 0.158. The molecule has 0 radical (unpaired) electrons. The summed E-state index contributed by atoms with van der Waals surface area (Å²) in [6.45, 7) is 7.87. The van der Waals surface area contributed by atoms with Crippen LogP contribution in [0.2, 0.25) is 0 Å². The van der Waals surface area contributed by atoms with Crippen LogP contribution in [0.1, 0.15) is 52.9 Å². The Morgan fingerprint density at radius 2 is 2.12 bits per heavy atom. The van der Waals surface area contributed by atoms with Gasteiger partial charge in [0.05, 0.1) is 12.1 Å². The monoisotopic (exact) mass is 325 g/mol. The van der Waals surface area contributed by atoms with Gasteiger partial charge in [0.2, 0.25) is 0 Å². The van der Waals surface area contributed by atoms with E-state index in [0.29, 0.717) is 6.04 Å². The topological polar surface area (TPSA) is 23.5 Å². The lowest BCUT2D eigenvalue weighted by Crippen LogP contribution is -2.29. The number of likely N-dealkylation sites (N-methyl/N-ethyl adjacent to an activating group) is 1. The maximum atomic E-state index is 10.1. The molecule has 0 aromatic heterocycles. The molecule has 3 atom stereocenters. The molecule has 1 N–H and O–H groups in total. The minimum atomic E-state index is -0.179. The third kappa shape index (κ3) is 3.04. The van der Waals surface area contributed by atoms with E-state index < -0.39 is 0 Å². The van der Waals surface area contributed by atoms with E-state index >= 15 is 0 Å². The zero-order chi connectivity index (χ0) is 17.2. The summed E-state index contributed by atoms with van der Waals surface area (Å²) >= 11 is 0. The molecule has 3 unspecified atom stereocenters. The fraction of sp³-hybridized carbons (Fsp3) is 0.545. The second kappa shape index (κ2) is 7.14. The molecule has 1 heterocycles. The van der Waals surface area contributed by atoms with Gasteiger partial charge in [-0.15, -0.1) is 0 Å². The summed E-state index contributed by atoms with van der Waals surface area (Å²) in [4.78, 5) is 2.57. The Morgan fingerprint density at radius 3 is 2.88 bits per heavy atom. The van der Waals surface area contributed by atoms with Gasteiger partial charge in [0.1, 0.15) is 0 Å². The first-order valence-electron chi connectivity index (χ1n) is 9.44. The number of likely N-dealkylation sites (tertiary alicyclic amines) is 1. The number of aliphatic hydroxyl groups excluding tert-OH is 1. The smallest absolute Gasteiger partial charge is 0.0575 e. The van der Waals surface area contributed by atoms with E-state index in [-0.39, 0.29) is 11.5 Å². The van der Waals surface area contributed by atoms with Gasteiger partial charge in [-0.2, -0.15) is 0 Å². The molecule has 2 heteroatoms. The number of rotatable bonds is 3. The zero-order valence-electron chi connectivity index (χ0n) is 15.3. The van der Waals surface area contributed by atoms with E-state index in [1.54, 1.807) is 0 Å². The fourth-order valence-corrected chi connectivity index (χ4v) is 4.80. The molecule has 2 nitrogen and oxygen atoms in total. The minimum absolute atomic E-state index is 0.0417. The number of fused-ring (bicyclic) bond motifs is 1. The molecule has 0 amide bonds. The molecule has 24 heavy (non-hydrogen) atoms. The molecule has 130 valence electrons. The Labute approximate surface area is 146 Å². The van der Waals surface area contributed by atoms with E-state index in [0.717, 1.165) is 38.6 Å². The van der Waals surface area contributed by atoms with Crippen LogP contribution in [0.4, 0.5) is 0 Å². The van der Waals surface area contributed by atoms with Crippen molar-refractivity contribution in [2.24, 2.45) is 5.41 Å². The van der Waals surface area contributed by atoms with Gasteiger partial charge in [-0.25, -0.2) is 0 Å². The molecule has 1 fully saturated rings. The van der Waals surface area contributed by atoms with Crippen molar-refractivity contribution < 1.29 is 5.11 Å². The summed E-state index contributed by atoms with van der Waals surface area (Å²) in [7, 11) is 0. The maximum Gasteiger partial charge on any atom is 0.0575 e. The average molecular weight is 325 g/mol. The Balaban J connectivity index is 2.00. The highest BCUT2D eigenvalue weighted by molar-refractivity contribution is 5.43. The summed E-state index contributed by atoms with van der Waals surface area (Å²) < 4.78 is 0. The molecule has 0 aromatic rings. The van der Waals surface area contributed by atoms with E-state index in [9.17, 15) is 5.11 Å². The fourth-order valence-electron chi connectivity index (χ4n) is 4.80. The second-order valence-electron chi connectivity index (χ2n) is 7.41. The van der Waals surface area contributed by atoms with Crippen LogP contribution in [0.15, 0.2) is 59.4 Å². The Bertz CT molecular complexity index is 622. The first-order valence-corrected chi connectivity index (χ1v) is 9.44. The van der Waals surface area contributed by atoms with Crippen molar-refractivity contribution in [3.8, 4) is 0 Å². The molecule has 0 spiro atoms. The van der Waals surface area contributed by atoms with Crippen molar-refractivity contribution in [3.63, 3.8) is 0 Å². The lowest BCUT2D eigenvalue weighted by atomic mass is 9.74. The second-order valence-corrected chi connectivity index (χ2v) is 7.41. The largest absolute Gasteiger partial charge is 0.393 e. The van der Waals surface area contributed by atoms with Crippen LogP contribution in [-0.2, 0) is 0 Å². The van der Waals surface area contributed by atoms with Gasteiger partial charge in [-0.05, 0) is 58.4 Å². The minimum Gasteiger partial charge on any atom is -0.393 e. The third-order valence-electron chi connectivity index (χ3n) is 5.88. The normalized spacial score (nSPS) is 34.7. The van der Waals surface area contributed by atoms with Crippen molar-refractivity contribution in [1.82, 2.24) is 4.90 Å². The number of hydrogen-bond donors (Lipinski definition) is 1. The molecule has 0 bridgehead atoms. The van der Waals surface area contributed by atoms with Crippen molar-refractivity contribution in [1.29, 1.82) is 0 Å². The Kier molecular flexibility index (Phi) is 5.15. The van der Waals surface area contributed by atoms with Gasteiger partial charge in [0.15, 0.2) is 0 Å². The molecule has 1 aliphatic heterocycles. The molecule has 3 rings (SSSR count). The van der Waals surface area contributed by atoms with Gasteiger partial charge < -0.3 is 10.0 Å². The molecule has 0 saturated carbocycles. The highest BCUT2D eigenvalue weighted by Gasteiger charge is 2.48. The molecule has 2 aliphatic carbocycles. The number of hydrogen-bond acceptors (Lipinski definition) is 2. The Morgan fingerprint density at radius 1 is 1.29 bits per heavy atom. The number of aliphatic hydroxyl groups is 1. The molecule has 1 saturated heterocycles. The Hall–Kier alpha value is -1.54. The van der Waals surface area contributed by atoms with Crippen LogP contribution in [0.5, 0.6) is 0 Å². The van der Waals surface area contributed by atoms with Crippen LogP contribution >= 0.6 is 0 Å². The number of nitrogens with zero attached hydrogens (tertiary/aromatic N) is 1. The molecular formula is C22H31NO. The van der Waals surface area contributed by atoms with Gasteiger partial charge >= 0.3 is 0 Å². The van der Waals surface area contributed by atoms with Crippen LogP contribution in [0.25, 0.3) is 0 Å². The van der Waals surface area contributed by atoms with E-state index in [1.165, 1.54) is 16.8 Å². The van der Waals surface area contributed by atoms with E-state index in [1.807, 2.05) is 0 Å². The van der Waals surface area contributed by atoms with Crippen LogP contribution in [-0.4, -0.2) is 28.7 Å². The van der Waals surface area contributed by atoms with Gasteiger partial charge in [0, 0.05) is 17.7 Å². The first kappa shape index (κ1) is 17.3. The van der Waals surface area contributed by atoms with Crippen molar-refractivity contribution in [3.05, 3.63) is 59.4 Å². The summed E-state index contributed by atoms with van der Waals surface area (Å²) in [6.07, 6.45) is 20.4. The highest BCUT2D eigenvalue weighted by atomic mass is 16.3. The quantitative estimate of drug-likeness (QED) is 0.746. The standard InChI is InChI=1S/C22H31NO/c1-4-21-22(3,16-17-10-8-6-7-9-11-17)19-14-12-18(24)13-15-20(19)23(21)5-2/h4,6-8,10-11,14,18,20,24H,5,9,12-13,15-16H2,1-3H3/b21-4-. The van der Waals surface area contributed by atoms with E-state index in [4.69, 9.17) is 0 Å². The van der Waals surface area contributed by atoms with Crippen LogP contribution in [0, 0.1) is 5.41 Å². The third-order valence-corrected chi connectivity index (χ3v) is 5.88. The predicted octanol–water partition coefficient (Wildman–Crippen LogP) is 4.90. The highest BCUT2D eigenvalue weighted by Crippen LogP contribution is 2.53. The van der Waals surface area contributed by atoms with Crippen molar-refractivity contribution >= 4 is 0 Å². The first-order chi connectivity index (χ1) is 11.6.